The highest BCUT2D eigenvalue weighted by Crippen LogP contribution is 2.51. The van der Waals surface area contributed by atoms with Crippen LogP contribution in [0, 0.1) is 17.8 Å². The van der Waals surface area contributed by atoms with Crippen LogP contribution >= 0.6 is 11.6 Å². The predicted molar refractivity (Wildman–Crippen MR) is 170 cm³/mol. The summed E-state index contributed by atoms with van der Waals surface area (Å²) in [5.41, 5.74) is 6.37. The summed E-state index contributed by atoms with van der Waals surface area (Å²) in [6, 6.07) is 22.0. The Hall–Kier alpha value is -3.85. The Bertz CT molecular complexity index is 1610. The van der Waals surface area contributed by atoms with E-state index in [1.807, 2.05) is 62.4 Å². The molecule has 7 nitrogen and oxygen atoms in total. The molecule has 3 N–H and O–H groups in total. The summed E-state index contributed by atoms with van der Waals surface area (Å²) in [6.45, 7) is 4.03. The van der Waals surface area contributed by atoms with Gasteiger partial charge in [-0.05, 0) is 111 Å². The fourth-order valence-electron chi connectivity index (χ4n) is 6.89. The lowest BCUT2D eigenvalue weighted by Crippen LogP contribution is -2.46. The molecule has 2 aliphatic heterocycles. The smallest absolute Gasteiger partial charge is 0.455 e. The van der Waals surface area contributed by atoms with Crippen molar-refractivity contribution in [2.75, 3.05) is 10.2 Å². The molecular formula is C34H34BClN2O5. The van der Waals surface area contributed by atoms with Crippen molar-refractivity contribution in [1.82, 2.24) is 0 Å². The normalized spacial score (nSPS) is 23.9. The largest absolute Gasteiger partial charge is 0.508 e. The number of carbonyl (C=O) groups is 2. The van der Waals surface area contributed by atoms with Crippen molar-refractivity contribution in [3.63, 3.8) is 0 Å². The van der Waals surface area contributed by atoms with Crippen LogP contribution in [0.2, 0.25) is 11.3 Å². The SMILES string of the molecule is CC1=C2[C@@H](CC/C(C)=C/c3ccc(O)cc3Cl)OB(O)C[C@@H]2[C@@H]2C(=O)N(c3ccc(Nc4ccccc4)cc3)C(=O)[C@@H]2C1. The van der Waals surface area contributed by atoms with E-state index in [9.17, 15) is 19.7 Å². The molecule has 0 saturated carbocycles. The number of para-hydroxylation sites is 1. The van der Waals surface area contributed by atoms with Crippen LogP contribution in [-0.4, -0.2) is 35.2 Å². The van der Waals surface area contributed by atoms with Gasteiger partial charge < -0.3 is 20.1 Å². The molecule has 3 aliphatic rings. The molecule has 2 saturated heterocycles. The second-order valence-corrected chi connectivity index (χ2v) is 12.2. The van der Waals surface area contributed by atoms with Gasteiger partial charge in [0.05, 0.1) is 28.6 Å². The number of phenolic OH excluding ortho intramolecular Hbond substituents is 1. The topological polar surface area (TPSA) is 99.1 Å². The van der Waals surface area contributed by atoms with Crippen LogP contribution in [-0.2, 0) is 14.2 Å². The first-order valence-electron chi connectivity index (χ1n) is 14.7. The van der Waals surface area contributed by atoms with Gasteiger partial charge in [0.25, 0.3) is 0 Å². The molecule has 9 heteroatoms. The van der Waals surface area contributed by atoms with E-state index in [0.29, 0.717) is 30.0 Å². The summed E-state index contributed by atoms with van der Waals surface area (Å²) in [5, 5.41) is 24.2. The average Bonchev–Trinajstić information content (AvgIpc) is 3.23. The molecule has 220 valence electrons. The van der Waals surface area contributed by atoms with Crippen LogP contribution in [0.3, 0.4) is 0 Å². The maximum absolute atomic E-state index is 13.9. The Labute approximate surface area is 257 Å². The van der Waals surface area contributed by atoms with E-state index in [1.54, 1.807) is 24.3 Å². The number of nitrogens with one attached hydrogen (secondary N) is 1. The minimum atomic E-state index is -1.01. The van der Waals surface area contributed by atoms with Crippen LogP contribution in [0.15, 0.2) is 89.5 Å². The molecule has 4 atom stereocenters. The lowest BCUT2D eigenvalue weighted by molar-refractivity contribution is -0.122. The molecule has 3 aromatic rings. The number of rotatable bonds is 7. The molecule has 1 aliphatic carbocycles. The molecule has 0 aromatic heterocycles. The first-order valence-corrected chi connectivity index (χ1v) is 15.1. The van der Waals surface area contributed by atoms with Crippen molar-refractivity contribution in [3.05, 3.63) is 100 Å². The van der Waals surface area contributed by atoms with E-state index in [-0.39, 0.29) is 35.9 Å². The standard InChI is InChI=1S/C34H34BClN2O5/c1-20(16-22-9-14-26(39)18-29(22)36)8-15-30-31-21(2)17-27-32(28(31)19-35(42)43-30)34(41)38(33(27)40)25-12-10-24(11-13-25)37-23-6-4-3-5-7-23/h3-7,9-14,16,18,27-28,30,32,37,39,42H,8,15,17,19H2,1-2H3/b20-16+/t27-,28+,30-,32-/m1/s1. The fourth-order valence-corrected chi connectivity index (χ4v) is 7.12. The van der Waals surface area contributed by atoms with E-state index in [2.05, 4.69) is 5.32 Å². The van der Waals surface area contributed by atoms with Crippen molar-refractivity contribution in [3.8, 4) is 5.75 Å². The van der Waals surface area contributed by atoms with Gasteiger partial charge in [0.15, 0.2) is 0 Å². The Morgan fingerprint density at radius 3 is 2.49 bits per heavy atom. The summed E-state index contributed by atoms with van der Waals surface area (Å²) < 4.78 is 6.04. The Kier molecular flexibility index (Phi) is 8.18. The Morgan fingerprint density at radius 2 is 1.77 bits per heavy atom. The molecule has 2 heterocycles. The van der Waals surface area contributed by atoms with E-state index in [4.69, 9.17) is 16.3 Å². The predicted octanol–water partition coefficient (Wildman–Crippen LogP) is 6.99. The van der Waals surface area contributed by atoms with Gasteiger partial charge in [-0.3, -0.25) is 14.5 Å². The van der Waals surface area contributed by atoms with E-state index >= 15 is 0 Å². The molecule has 0 radical (unpaired) electrons. The van der Waals surface area contributed by atoms with Gasteiger partial charge in [0, 0.05) is 11.4 Å². The Balaban J connectivity index is 1.19. The summed E-state index contributed by atoms with van der Waals surface area (Å²) >= 11 is 6.29. The molecule has 3 aromatic carbocycles. The second-order valence-electron chi connectivity index (χ2n) is 11.8. The number of benzene rings is 3. The number of amides is 2. The molecule has 6 rings (SSSR count). The number of imide groups is 1. The zero-order chi connectivity index (χ0) is 30.2. The molecule has 0 spiro atoms. The molecule has 0 unspecified atom stereocenters. The molecule has 0 bridgehead atoms. The quantitative estimate of drug-likeness (QED) is 0.154. The average molecular weight is 597 g/mol. The number of fused-ring (bicyclic) bond motifs is 3. The summed E-state index contributed by atoms with van der Waals surface area (Å²) in [6.07, 6.45) is 3.72. The number of hydrogen-bond acceptors (Lipinski definition) is 6. The number of hydrogen-bond donors (Lipinski definition) is 3. The van der Waals surface area contributed by atoms with Crippen molar-refractivity contribution in [2.45, 2.75) is 45.5 Å². The lowest BCUT2D eigenvalue weighted by Gasteiger charge is -2.42. The maximum atomic E-state index is 13.9. The zero-order valence-corrected chi connectivity index (χ0v) is 24.9. The van der Waals surface area contributed by atoms with Crippen molar-refractivity contribution in [1.29, 1.82) is 0 Å². The number of nitrogens with zero attached hydrogens (tertiary/aromatic N) is 1. The molecular weight excluding hydrogens is 563 g/mol. The fraction of sp³-hybridized carbons (Fsp3) is 0.294. The van der Waals surface area contributed by atoms with Crippen LogP contribution < -0.4 is 10.2 Å². The molecule has 43 heavy (non-hydrogen) atoms. The number of allylic oxidation sites excluding steroid dienone is 2. The minimum Gasteiger partial charge on any atom is -0.508 e. The maximum Gasteiger partial charge on any atom is 0.455 e. The Morgan fingerprint density at radius 1 is 1.05 bits per heavy atom. The number of carbonyl (C=O) groups excluding carboxylic acids is 2. The van der Waals surface area contributed by atoms with Crippen molar-refractivity contribution >= 4 is 53.7 Å². The second kappa shape index (κ2) is 12.0. The van der Waals surface area contributed by atoms with Gasteiger partial charge in [0.1, 0.15) is 5.75 Å². The van der Waals surface area contributed by atoms with Crippen LogP contribution in [0.4, 0.5) is 17.1 Å². The number of anilines is 3. The van der Waals surface area contributed by atoms with E-state index < -0.39 is 19.0 Å². The van der Waals surface area contributed by atoms with E-state index in [1.165, 1.54) is 11.0 Å². The summed E-state index contributed by atoms with van der Waals surface area (Å²) in [7, 11) is -1.01. The third-order valence-corrected chi connectivity index (χ3v) is 9.15. The monoisotopic (exact) mass is 596 g/mol. The van der Waals surface area contributed by atoms with E-state index in [0.717, 1.165) is 33.7 Å². The van der Waals surface area contributed by atoms with Crippen molar-refractivity contribution in [2.24, 2.45) is 17.8 Å². The molecule has 2 amide bonds. The van der Waals surface area contributed by atoms with Crippen molar-refractivity contribution < 1.29 is 24.4 Å². The first kappa shape index (κ1) is 29.2. The number of aromatic hydroxyl groups is 1. The number of halogens is 1. The number of phenols is 1. The third kappa shape index (κ3) is 5.87. The highest BCUT2D eigenvalue weighted by Gasteiger charge is 2.57. The minimum absolute atomic E-state index is 0.115. The van der Waals surface area contributed by atoms with Gasteiger partial charge in [-0.1, -0.05) is 47.0 Å². The van der Waals surface area contributed by atoms with Gasteiger partial charge in [-0.25, -0.2) is 0 Å². The van der Waals surface area contributed by atoms with Crippen LogP contribution in [0.25, 0.3) is 6.08 Å². The highest BCUT2D eigenvalue weighted by molar-refractivity contribution is 6.43. The first-order chi connectivity index (χ1) is 20.7. The zero-order valence-electron chi connectivity index (χ0n) is 24.2. The van der Waals surface area contributed by atoms with Gasteiger partial charge in [-0.15, -0.1) is 0 Å². The van der Waals surface area contributed by atoms with Gasteiger partial charge in [-0.2, -0.15) is 0 Å². The molecule has 2 fully saturated rings. The van der Waals surface area contributed by atoms with Crippen LogP contribution in [0.5, 0.6) is 5.75 Å². The summed E-state index contributed by atoms with van der Waals surface area (Å²) in [4.78, 5) is 29.0. The highest BCUT2D eigenvalue weighted by atomic mass is 35.5. The third-order valence-electron chi connectivity index (χ3n) is 8.83. The lowest BCUT2D eigenvalue weighted by atomic mass is 9.59. The van der Waals surface area contributed by atoms with Gasteiger partial charge >= 0.3 is 7.12 Å². The summed E-state index contributed by atoms with van der Waals surface area (Å²) in [5.74, 6) is -1.51. The van der Waals surface area contributed by atoms with Crippen LogP contribution in [0.1, 0.15) is 38.7 Å². The van der Waals surface area contributed by atoms with Gasteiger partial charge in [0.2, 0.25) is 11.8 Å².